The fourth-order valence-electron chi connectivity index (χ4n) is 0.975. The van der Waals surface area contributed by atoms with Gasteiger partial charge < -0.3 is 5.32 Å². The number of dihydropyridines is 1. The zero-order chi connectivity index (χ0) is 7.61. The van der Waals surface area contributed by atoms with Crippen LogP contribution in [-0.2, 0) is 0 Å². The van der Waals surface area contributed by atoms with E-state index in [1.54, 1.807) is 0 Å². The molecule has 56 valence electrons. The molecule has 0 aliphatic carbocycles. The standard InChI is InChI=1S/C9H15N/c1-9(2,3)8-6-4-5-7-10-8/h4-6,10H,7H2,1-3H3. The first-order valence-electron chi connectivity index (χ1n) is 3.72. The van der Waals surface area contributed by atoms with Crippen molar-refractivity contribution in [3.63, 3.8) is 0 Å². The normalized spacial score (nSPS) is 18.1. The summed E-state index contributed by atoms with van der Waals surface area (Å²) in [5.41, 5.74) is 1.60. The van der Waals surface area contributed by atoms with Crippen molar-refractivity contribution in [2.45, 2.75) is 20.8 Å². The molecule has 1 heterocycles. The summed E-state index contributed by atoms with van der Waals surface area (Å²) in [6, 6.07) is 0. The smallest absolute Gasteiger partial charge is 0.0331 e. The highest BCUT2D eigenvalue weighted by Gasteiger charge is 2.16. The van der Waals surface area contributed by atoms with Gasteiger partial charge in [0.2, 0.25) is 0 Å². The zero-order valence-electron chi connectivity index (χ0n) is 6.94. The second-order valence-corrected chi connectivity index (χ2v) is 3.64. The molecule has 0 aromatic heterocycles. The van der Waals surface area contributed by atoms with E-state index in [1.807, 2.05) is 0 Å². The lowest BCUT2D eigenvalue weighted by Gasteiger charge is -2.25. The van der Waals surface area contributed by atoms with E-state index in [9.17, 15) is 0 Å². The monoisotopic (exact) mass is 137 g/mol. The van der Waals surface area contributed by atoms with Crippen molar-refractivity contribution in [3.05, 3.63) is 23.9 Å². The molecular weight excluding hydrogens is 122 g/mol. The van der Waals surface area contributed by atoms with Crippen LogP contribution in [0.15, 0.2) is 23.9 Å². The van der Waals surface area contributed by atoms with Crippen LogP contribution in [0.5, 0.6) is 0 Å². The van der Waals surface area contributed by atoms with E-state index in [4.69, 9.17) is 0 Å². The number of hydrogen-bond donors (Lipinski definition) is 1. The third-order valence-electron chi connectivity index (χ3n) is 1.62. The molecule has 0 aromatic carbocycles. The Kier molecular flexibility index (Phi) is 1.84. The van der Waals surface area contributed by atoms with Crippen LogP contribution in [0.1, 0.15) is 20.8 Å². The van der Waals surface area contributed by atoms with Gasteiger partial charge in [-0.15, -0.1) is 0 Å². The van der Waals surface area contributed by atoms with Gasteiger partial charge in [0.05, 0.1) is 0 Å². The molecule has 0 spiro atoms. The van der Waals surface area contributed by atoms with Crippen molar-refractivity contribution >= 4 is 0 Å². The topological polar surface area (TPSA) is 12.0 Å². The van der Waals surface area contributed by atoms with Crippen LogP contribution in [-0.4, -0.2) is 6.54 Å². The van der Waals surface area contributed by atoms with E-state index < -0.39 is 0 Å². The van der Waals surface area contributed by atoms with E-state index in [0.717, 1.165) is 6.54 Å². The van der Waals surface area contributed by atoms with Crippen LogP contribution in [0, 0.1) is 5.41 Å². The lowest BCUT2D eigenvalue weighted by Crippen LogP contribution is -2.25. The first-order valence-corrected chi connectivity index (χ1v) is 3.72. The van der Waals surface area contributed by atoms with Gasteiger partial charge in [-0.3, -0.25) is 0 Å². The second-order valence-electron chi connectivity index (χ2n) is 3.64. The average Bonchev–Trinajstić information content (AvgIpc) is 1.88. The molecular formula is C9H15N. The summed E-state index contributed by atoms with van der Waals surface area (Å²) < 4.78 is 0. The fourth-order valence-corrected chi connectivity index (χ4v) is 0.975. The third-order valence-corrected chi connectivity index (χ3v) is 1.62. The molecule has 1 aliphatic heterocycles. The number of nitrogens with one attached hydrogen (secondary N) is 1. The zero-order valence-corrected chi connectivity index (χ0v) is 6.94. The Balaban J connectivity index is 2.72. The minimum absolute atomic E-state index is 0.269. The largest absolute Gasteiger partial charge is 0.384 e. The van der Waals surface area contributed by atoms with E-state index in [1.165, 1.54) is 5.70 Å². The summed E-state index contributed by atoms with van der Waals surface area (Å²) >= 11 is 0. The number of hydrogen-bond acceptors (Lipinski definition) is 1. The van der Waals surface area contributed by atoms with Gasteiger partial charge in [0.15, 0.2) is 0 Å². The summed E-state index contributed by atoms with van der Waals surface area (Å²) in [7, 11) is 0. The van der Waals surface area contributed by atoms with E-state index in [0.29, 0.717) is 0 Å². The molecule has 0 atom stereocenters. The van der Waals surface area contributed by atoms with E-state index >= 15 is 0 Å². The van der Waals surface area contributed by atoms with Crippen molar-refractivity contribution < 1.29 is 0 Å². The van der Waals surface area contributed by atoms with Crippen LogP contribution < -0.4 is 5.32 Å². The van der Waals surface area contributed by atoms with Crippen LogP contribution in [0.2, 0.25) is 0 Å². The van der Waals surface area contributed by atoms with Gasteiger partial charge >= 0.3 is 0 Å². The molecule has 0 aromatic rings. The van der Waals surface area contributed by atoms with Crippen LogP contribution in [0.25, 0.3) is 0 Å². The Hall–Kier alpha value is -0.720. The predicted molar refractivity (Wildman–Crippen MR) is 44.7 cm³/mol. The van der Waals surface area contributed by atoms with Gasteiger partial charge in [0.25, 0.3) is 0 Å². The molecule has 1 N–H and O–H groups in total. The van der Waals surface area contributed by atoms with E-state index in [-0.39, 0.29) is 5.41 Å². The molecule has 0 saturated carbocycles. The Labute approximate surface area is 62.8 Å². The third kappa shape index (κ3) is 1.63. The van der Waals surface area contributed by atoms with Crippen molar-refractivity contribution in [1.82, 2.24) is 5.32 Å². The molecule has 0 saturated heterocycles. The maximum absolute atomic E-state index is 3.33. The number of allylic oxidation sites excluding steroid dienone is 3. The molecule has 0 radical (unpaired) electrons. The van der Waals surface area contributed by atoms with Crippen molar-refractivity contribution in [1.29, 1.82) is 0 Å². The van der Waals surface area contributed by atoms with Gasteiger partial charge in [-0.25, -0.2) is 0 Å². The van der Waals surface area contributed by atoms with E-state index in [2.05, 4.69) is 44.3 Å². The maximum Gasteiger partial charge on any atom is 0.0331 e. The van der Waals surface area contributed by atoms with Gasteiger partial charge in [0, 0.05) is 17.7 Å². The Bertz CT molecular complexity index is 170. The van der Waals surface area contributed by atoms with Gasteiger partial charge in [0.1, 0.15) is 0 Å². The number of rotatable bonds is 0. The van der Waals surface area contributed by atoms with Crippen LogP contribution in [0.4, 0.5) is 0 Å². The molecule has 1 nitrogen and oxygen atoms in total. The van der Waals surface area contributed by atoms with Gasteiger partial charge in [-0.05, 0) is 6.08 Å². The Morgan fingerprint density at radius 1 is 1.40 bits per heavy atom. The molecule has 10 heavy (non-hydrogen) atoms. The summed E-state index contributed by atoms with van der Waals surface area (Å²) in [5.74, 6) is 0. The lowest BCUT2D eigenvalue weighted by atomic mass is 9.91. The second kappa shape index (κ2) is 2.49. The fraction of sp³-hybridized carbons (Fsp3) is 0.556. The molecule has 0 bridgehead atoms. The molecule has 0 amide bonds. The molecule has 0 unspecified atom stereocenters. The highest BCUT2D eigenvalue weighted by molar-refractivity contribution is 5.20. The van der Waals surface area contributed by atoms with Crippen molar-refractivity contribution in [2.24, 2.45) is 5.41 Å². The Morgan fingerprint density at radius 3 is 2.40 bits per heavy atom. The first-order chi connectivity index (χ1) is 4.61. The summed E-state index contributed by atoms with van der Waals surface area (Å²) in [4.78, 5) is 0. The van der Waals surface area contributed by atoms with Gasteiger partial charge in [-0.2, -0.15) is 0 Å². The lowest BCUT2D eigenvalue weighted by molar-refractivity contribution is 0.465. The minimum atomic E-state index is 0.269. The highest BCUT2D eigenvalue weighted by atomic mass is 14.9. The Morgan fingerprint density at radius 2 is 2.10 bits per heavy atom. The summed E-state index contributed by atoms with van der Waals surface area (Å²) in [5, 5.41) is 3.33. The predicted octanol–water partition coefficient (Wildman–Crippen LogP) is 2.08. The average molecular weight is 137 g/mol. The van der Waals surface area contributed by atoms with Crippen molar-refractivity contribution in [3.8, 4) is 0 Å². The first kappa shape index (κ1) is 7.39. The molecule has 1 heteroatoms. The summed E-state index contributed by atoms with van der Waals surface area (Å²) in [6.45, 7) is 7.62. The SMILES string of the molecule is CC(C)(C)C1=CC=CCN1. The summed E-state index contributed by atoms with van der Waals surface area (Å²) in [6.07, 6.45) is 6.37. The quantitative estimate of drug-likeness (QED) is 0.539. The van der Waals surface area contributed by atoms with Crippen LogP contribution in [0.3, 0.4) is 0 Å². The molecule has 1 rings (SSSR count). The van der Waals surface area contributed by atoms with Crippen molar-refractivity contribution in [2.75, 3.05) is 6.54 Å². The maximum atomic E-state index is 3.33. The van der Waals surface area contributed by atoms with Crippen LogP contribution >= 0.6 is 0 Å². The molecule has 1 aliphatic rings. The highest BCUT2D eigenvalue weighted by Crippen LogP contribution is 2.23. The molecule has 0 fully saturated rings. The minimum Gasteiger partial charge on any atom is -0.384 e. The van der Waals surface area contributed by atoms with Gasteiger partial charge in [-0.1, -0.05) is 32.9 Å².